The van der Waals surface area contributed by atoms with Crippen molar-refractivity contribution in [3.63, 3.8) is 0 Å². The number of ether oxygens (including phenoxy) is 1. The van der Waals surface area contributed by atoms with E-state index >= 15 is 0 Å². The molecule has 0 heterocycles. The zero-order valence-corrected chi connectivity index (χ0v) is 13.1. The molecule has 4 atom stereocenters. The quantitative estimate of drug-likeness (QED) is 0.789. The maximum absolute atomic E-state index is 5.67. The van der Waals surface area contributed by atoms with Crippen molar-refractivity contribution >= 4 is 0 Å². The summed E-state index contributed by atoms with van der Waals surface area (Å²) in [5.74, 6) is 1.60. The molecule has 108 valence electrons. The third-order valence-electron chi connectivity index (χ3n) is 4.20. The Bertz CT molecular complexity index is 233. The van der Waals surface area contributed by atoms with Gasteiger partial charge in [0.25, 0.3) is 0 Å². The highest BCUT2D eigenvalue weighted by Crippen LogP contribution is 2.31. The first-order chi connectivity index (χ1) is 8.45. The number of rotatable bonds is 6. The van der Waals surface area contributed by atoms with Gasteiger partial charge < -0.3 is 10.1 Å². The summed E-state index contributed by atoms with van der Waals surface area (Å²) >= 11 is 0. The standard InChI is InChI=1S/C15H32N2O/c1-11(2)18-8-7-17(6)15-13(4)9-12(3)10-14(15)16-5/h11-16H,7-10H2,1-6H3. The van der Waals surface area contributed by atoms with Gasteiger partial charge in [0.2, 0.25) is 0 Å². The van der Waals surface area contributed by atoms with Gasteiger partial charge in [-0.2, -0.15) is 0 Å². The molecule has 0 aromatic heterocycles. The van der Waals surface area contributed by atoms with Gasteiger partial charge in [0.05, 0.1) is 12.7 Å². The van der Waals surface area contributed by atoms with E-state index in [0.717, 1.165) is 25.0 Å². The lowest BCUT2D eigenvalue weighted by molar-refractivity contribution is 0.0290. The van der Waals surface area contributed by atoms with E-state index in [1.54, 1.807) is 0 Å². The lowest BCUT2D eigenvalue weighted by Gasteiger charge is -2.44. The number of likely N-dealkylation sites (N-methyl/N-ethyl adjacent to an activating group) is 2. The van der Waals surface area contributed by atoms with Gasteiger partial charge in [0, 0.05) is 18.6 Å². The number of nitrogens with one attached hydrogen (secondary N) is 1. The van der Waals surface area contributed by atoms with E-state index < -0.39 is 0 Å². The van der Waals surface area contributed by atoms with Gasteiger partial charge in [0.1, 0.15) is 0 Å². The average Bonchev–Trinajstić information content (AvgIpc) is 2.26. The summed E-state index contributed by atoms with van der Waals surface area (Å²) in [5, 5.41) is 3.51. The summed E-state index contributed by atoms with van der Waals surface area (Å²) in [4.78, 5) is 2.49. The smallest absolute Gasteiger partial charge is 0.0596 e. The second kappa shape index (κ2) is 7.46. The van der Waals surface area contributed by atoms with E-state index in [1.165, 1.54) is 12.8 Å². The van der Waals surface area contributed by atoms with Crippen LogP contribution < -0.4 is 5.32 Å². The van der Waals surface area contributed by atoms with Crippen LogP contribution in [0.15, 0.2) is 0 Å². The number of hydrogen-bond acceptors (Lipinski definition) is 3. The Morgan fingerprint density at radius 2 is 1.94 bits per heavy atom. The van der Waals surface area contributed by atoms with Gasteiger partial charge in [-0.25, -0.2) is 0 Å². The van der Waals surface area contributed by atoms with E-state index in [1.807, 2.05) is 0 Å². The van der Waals surface area contributed by atoms with Gasteiger partial charge in [-0.3, -0.25) is 4.90 Å². The van der Waals surface area contributed by atoms with Crippen molar-refractivity contribution in [2.24, 2.45) is 11.8 Å². The highest BCUT2D eigenvalue weighted by molar-refractivity contribution is 4.92. The van der Waals surface area contributed by atoms with Crippen molar-refractivity contribution in [3.8, 4) is 0 Å². The molecule has 1 rings (SSSR count). The van der Waals surface area contributed by atoms with Crippen LogP contribution in [0.5, 0.6) is 0 Å². The minimum Gasteiger partial charge on any atom is -0.377 e. The topological polar surface area (TPSA) is 24.5 Å². The Morgan fingerprint density at radius 1 is 1.28 bits per heavy atom. The molecule has 1 fully saturated rings. The number of hydrogen-bond donors (Lipinski definition) is 1. The van der Waals surface area contributed by atoms with Crippen LogP contribution >= 0.6 is 0 Å². The van der Waals surface area contributed by atoms with E-state index in [0.29, 0.717) is 18.2 Å². The molecule has 0 aromatic rings. The van der Waals surface area contributed by atoms with E-state index in [-0.39, 0.29) is 0 Å². The van der Waals surface area contributed by atoms with Crippen LogP contribution in [0, 0.1) is 11.8 Å². The molecule has 1 saturated carbocycles. The molecule has 0 radical (unpaired) electrons. The molecule has 1 N–H and O–H groups in total. The molecule has 0 aliphatic heterocycles. The van der Waals surface area contributed by atoms with Crippen molar-refractivity contribution in [2.75, 3.05) is 27.2 Å². The largest absolute Gasteiger partial charge is 0.377 e. The zero-order valence-electron chi connectivity index (χ0n) is 13.1. The summed E-state index contributed by atoms with van der Waals surface area (Å²) in [6, 6.07) is 1.26. The minimum absolute atomic E-state index is 0.335. The van der Waals surface area contributed by atoms with Crippen LogP contribution in [-0.4, -0.2) is 50.3 Å². The van der Waals surface area contributed by atoms with Crippen LogP contribution in [0.1, 0.15) is 40.5 Å². The molecule has 1 aliphatic carbocycles. The van der Waals surface area contributed by atoms with Crippen LogP contribution in [0.3, 0.4) is 0 Å². The molecule has 3 nitrogen and oxygen atoms in total. The third-order valence-corrected chi connectivity index (χ3v) is 4.20. The SMILES string of the molecule is CNC1CC(C)CC(C)C1N(C)CCOC(C)C. The fourth-order valence-electron chi connectivity index (χ4n) is 3.45. The molecular formula is C15H32N2O. The summed E-state index contributed by atoms with van der Waals surface area (Å²) in [6.07, 6.45) is 2.97. The monoisotopic (exact) mass is 256 g/mol. The fraction of sp³-hybridized carbons (Fsp3) is 1.00. The molecule has 0 amide bonds. The Balaban J connectivity index is 2.49. The summed E-state index contributed by atoms with van der Waals surface area (Å²) in [7, 11) is 4.34. The summed E-state index contributed by atoms with van der Waals surface area (Å²) in [5.41, 5.74) is 0. The normalized spacial score (nSPS) is 33.3. The van der Waals surface area contributed by atoms with Crippen molar-refractivity contribution in [1.29, 1.82) is 0 Å². The molecule has 3 heteroatoms. The van der Waals surface area contributed by atoms with Crippen LogP contribution in [0.4, 0.5) is 0 Å². The second-order valence-corrected chi connectivity index (χ2v) is 6.34. The Morgan fingerprint density at radius 3 is 2.50 bits per heavy atom. The summed E-state index contributed by atoms with van der Waals surface area (Å²) < 4.78 is 5.67. The Kier molecular flexibility index (Phi) is 6.61. The first-order valence-electron chi connectivity index (χ1n) is 7.44. The average molecular weight is 256 g/mol. The molecule has 0 spiro atoms. The second-order valence-electron chi connectivity index (χ2n) is 6.34. The van der Waals surface area contributed by atoms with E-state index in [4.69, 9.17) is 4.74 Å². The molecule has 4 unspecified atom stereocenters. The fourth-order valence-corrected chi connectivity index (χ4v) is 3.45. The predicted molar refractivity (Wildman–Crippen MR) is 77.9 cm³/mol. The molecule has 0 saturated heterocycles. The predicted octanol–water partition coefficient (Wildman–Crippen LogP) is 2.37. The lowest BCUT2D eigenvalue weighted by Crippen LogP contribution is -2.55. The van der Waals surface area contributed by atoms with Crippen molar-refractivity contribution in [2.45, 2.75) is 58.7 Å². The van der Waals surface area contributed by atoms with Crippen molar-refractivity contribution in [3.05, 3.63) is 0 Å². The van der Waals surface area contributed by atoms with Gasteiger partial charge in [-0.05, 0) is 52.6 Å². The van der Waals surface area contributed by atoms with Gasteiger partial charge >= 0.3 is 0 Å². The van der Waals surface area contributed by atoms with Gasteiger partial charge in [-0.15, -0.1) is 0 Å². The van der Waals surface area contributed by atoms with Crippen molar-refractivity contribution in [1.82, 2.24) is 10.2 Å². The first-order valence-corrected chi connectivity index (χ1v) is 7.44. The first kappa shape index (κ1) is 15.9. The molecule has 0 bridgehead atoms. The van der Waals surface area contributed by atoms with Gasteiger partial charge in [0.15, 0.2) is 0 Å². The highest BCUT2D eigenvalue weighted by atomic mass is 16.5. The lowest BCUT2D eigenvalue weighted by atomic mass is 9.76. The third kappa shape index (κ3) is 4.52. The van der Waals surface area contributed by atoms with Gasteiger partial charge in [-0.1, -0.05) is 13.8 Å². The molecule has 18 heavy (non-hydrogen) atoms. The zero-order chi connectivity index (χ0) is 13.7. The molecule has 0 aromatic carbocycles. The Hall–Kier alpha value is -0.120. The number of nitrogens with zero attached hydrogens (tertiary/aromatic N) is 1. The highest BCUT2D eigenvalue weighted by Gasteiger charge is 2.35. The van der Waals surface area contributed by atoms with E-state index in [9.17, 15) is 0 Å². The van der Waals surface area contributed by atoms with E-state index in [2.05, 4.69) is 52.0 Å². The van der Waals surface area contributed by atoms with Crippen molar-refractivity contribution < 1.29 is 4.74 Å². The molecular weight excluding hydrogens is 224 g/mol. The maximum Gasteiger partial charge on any atom is 0.0596 e. The maximum atomic E-state index is 5.67. The van der Waals surface area contributed by atoms with Crippen LogP contribution in [-0.2, 0) is 4.74 Å². The summed E-state index contributed by atoms with van der Waals surface area (Å²) in [6.45, 7) is 10.8. The van der Waals surface area contributed by atoms with Crippen LogP contribution in [0.25, 0.3) is 0 Å². The van der Waals surface area contributed by atoms with Crippen LogP contribution in [0.2, 0.25) is 0 Å². The minimum atomic E-state index is 0.335. The Labute approximate surface area is 113 Å². The molecule has 1 aliphatic rings.